The first kappa shape index (κ1) is 22.9. The molecule has 1 aromatic rings. The zero-order valence-electron chi connectivity index (χ0n) is 16.4. The van der Waals surface area contributed by atoms with Gasteiger partial charge in [0.2, 0.25) is 0 Å². The number of Topliss-reactive ketones (excluding diaryl/α,β-unsaturated/α-hetero) is 4. The molecule has 138 valence electrons. The Labute approximate surface area is 151 Å². The maximum Gasteiger partial charge on any atom is 0.170 e. The number of carbonyl (C=O) groups is 4. The number of hydrogen-bond acceptors (Lipinski definition) is 4. The van der Waals surface area contributed by atoms with Crippen LogP contribution in [0, 0.1) is 10.8 Å². The minimum absolute atomic E-state index is 0.00398. The minimum atomic E-state index is -0.402. The Morgan fingerprint density at radius 2 is 1.12 bits per heavy atom. The number of rotatable bonds is 5. The molecule has 0 unspecified atom stereocenters. The Balaban J connectivity index is 0.000000462. The maximum atomic E-state index is 11.5. The first-order valence-corrected chi connectivity index (χ1v) is 8.39. The van der Waals surface area contributed by atoms with Crippen LogP contribution in [0.15, 0.2) is 30.3 Å². The molecule has 0 N–H and O–H groups in total. The van der Waals surface area contributed by atoms with E-state index in [9.17, 15) is 19.2 Å². The van der Waals surface area contributed by atoms with Crippen LogP contribution in [0.2, 0.25) is 0 Å². The van der Waals surface area contributed by atoms with Crippen molar-refractivity contribution in [1.82, 2.24) is 0 Å². The highest BCUT2D eigenvalue weighted by Gasteiger charge is 2.28. The number of hydrogen-bond donors (Lipinski definition) is 0. The summed E-state index contributed by atoms with van der Waals surface area (Å²) < 4.78 is 0. The van der Waals surface area contributed by atoms with E-state index in [1.165, 1.54) is 6.92 Å². The summed E-state index contributed by atoms with van der Waals surface area (Å²) in [6.45, 7) is 12.4. The van der Waals surface area contributed by atoms with Gasteiger partial charge in [-0.2, -0.15) is 0 Å². The molecule has 0 bridgehead atoms. The molecule has 0 radical (unpaired) electrons. The molecule has 25 heavy (non-hydrogen) atoms. The molecule has 4 heteroatoms. The SMILES string of the molecule is CC(=O)CC(=O)c1ccccc1.CC(C)(C)C(=O)CC(=O)C(C)(C)C. The monoisotopic (exact) mass is 346 g/mol. The van der Waals surface area contributed by atoms with Crippen LogP contribution >= 0.6 is 0 Å². The van der Waals surface area contributed by atoms with E-state index < -0.39 is 10.8 Å². The maximum absolute atomic E-state index is 11.5. The zero-order chi connectivity index (χ0) is 19.8. The predicted molar refractivity (Wildman–Crippen MR) is 99.6 cm³/mol. The van der Waals surface area contributed by atoms with Crippen molar-refractivity contribution in [1.29, 1.82) is 0 Å². The lowest BCUT2D eigenvalue weighted by atomic mass is 9.82. The second-order valence-electron chi connectivity index (χ2n) is 8.19. The highest BCUT2D eigenvalue weighted by molar-refractivity contribution is 6.07. The molecule has 0 saturated heterocycles. The highest BCUT2D eigenvalue weighted by Crippen LogP contribution is 2.22. The van der Waals surface area contributed by atoms with Crippen molar-refractivity contribution in [2.45, 2.75) is 61.3 Å². The van der Waals surface area contributed by atoms with Crippen molar-refractivity contribution in [2.75, 3.05) is 0 Å². The Kier molecular flexibility index (Phi) is 8.61. The number of ketones is 4. The van der Waals surface area contributed by atoms with Crippen molar-refractivity contribution in [3.05, 3.63) is 35.9 Å². The molecular weight excluding hydrogens is 316 g/mol. The average Bonchev–Trinajstić information content (AvgIpc) is 2.46. The van der Waals surface area contributed by atoms with Gasteiger partial charge in [0.15, 0.2) is 5.78 Å². The molecule has 0 heterocycles. The van der Waals surface area contributed by atoms with Gasteiger partial charge in [0.05, 0.1) is 12.8 Å². The van der Waals surface area contributed by atoms with Gasteiger partial charge in [-0.1, -0.05) is 71.9 Å². The average molecular weight is 346 g/mol. The van der Waals surface area contributed by atoms with Crippen molar-refractivity contribution in [2.24, 2.45) is 10.8 Å². The normalized spacial score (nSPS) is 11.2. The van der Waals surface area contributed by atoms with Crippen molar-refractivity contribution in [3.8, 4) is 0 Å². The summed E-state index contributed by atoms with van der Waals surface area (Å²) in [7, 11) is 0. The molecule has 0 aliphatic heterocycles. The van der Waals surface area contributed by atoms with E-state index in [4.69, 9.17) is 0 Å². The fraction of sp³-hybridized carbons (Fsp3) is 0.524. The zero-order valence-corrected chi connectivity index (χ0v) is 16.4. The molecule has 0 saturated carbocycles. The van der Waals surface area contributed by atoms with E-state index >= 15 is 0 Å². The summed E-state index contributed by atoms with van der Waals surface area (Å²) in [6.07, 6.45) is 0.0665. The Morgan fingerprint density at radius 3 is 1.44 bits per heavy atom. The predicted octanol–water partition coefficient (Wildman–Crippen LogP) is 4.46. The fourth-order valence-electron chi connectivity index (χ4n) is 1.63. The molecule has 0 atom stereocenters. The second-order valence-corrected chi connectivity index (χ2v) is 8.19. The first-order chi connectivity index (χ1) is 11.2. The molecule has 0 aromatic heterocycles. The van der Waals surface area contributed by atoms with Gasteiger partial charge in [0.25, 0.3) is 0 Å². The Hall–Kier alpha value is -2.10. The molecular formula is C21H30O4. The van der Waals surface area contributed by atoms with Gasteiger partial charge in [-0.15, -0.1) is 0 Å². The quantitative estimate of drug-likeness (QED) is 0.583. The van der Waals surface area contributed by atoms with Crippen LogP contribution in [-0.2, 0) is 14.4 Å². The van der Waals surface area contributed by atoms with E-state index in [-0.39, 0.29) is 36.0 Å². The van der Waals surface area contributed by atoms with Gasteiger partial charge in [0, 0.05) is 16.4 Å². The van der Waals surface area contributed by atoms with Crippen molar-refractivity contribution < 1.29 is 19.2 Å². The molecule has 1 rings (SSSR count). The molecule has 1 aromatic carbocycles. The van der Waals surface area contributed by atoms with Gasteiger partial charge in [-0.05, 0) is 6.92 Å². The molecule has 0 aliphatic rings. The first-order valence-electron chi connectivity index (χ1n) is 8.39. The second kappa shape index (κ2) is 9.40. The highest BCUT2D eigenvalue weighted by atomic mass is 16.2. The van der Waals surface area contributed by atoms with Crippen LogP contribution in [0.4, 0.5) is 0 Å². The lowest BCUT2D eigenvalue weighted by Crippen LogP contribution is -2.28. The van der Waals surface area contributed by atoms with Crippen LogP contribution in [0.5, 0.6) is 0 Å². The summed E-state index contributed by atoms with van der Waals surface area (Å²) in [5.74, 6) is -0.160. The molecule has 0 spiro atoms. The van der Waals surface area contributed by atoms with Crippen molar-refractivity contribution >= 4 is 23.1 Å². The fourth-order valence-corrected chi connectivity index (χ4v) is 1.63. The van der Waals surface area contributed by atoms with Crippen LogP contribution in [0.25, 0.3) is 0 Å². The van der Waals surface area contributed by atoms with Crippen LogP contribution in [0.1, 0.15) is 71.7 Å². The van der Waals surface area contributed by atoms with E-state index in [1.807, 2.05) is 47.6 Å². The molecule has 4 nitrogen and oxygen atoms in total. The van der Waals surface area contributed by atoms with Gasteiger partial charge >= 0.3 is 0 Å². The van der Waals surface area contributed by atoms with Crippen LogP contribution in [-0.4, -0.2) is 23.1 Å². The standard InChI is InChI=1S/C11H20O2.C10H10O2/c1-10(2,3)8(12)7-9(13)11(4,5)6;1-8(11)7-10(12)9-5-3-2-4-6-9/h7H2,1-6H3;2-6H,7H2,1H3. The number of benzene rings is 1. The third-order valence-electron chi connectivity index (χ3n) is 3.50. The van der Waals surface area contributed by atoms with Crippen molar-refractivity contribution in [3.63, 3.8) is 0 Å². The largest absolute Gasteiger partial charge is 0.300 e. The van der Waals surface area contributed by atoms with Crippen LogP contribution < -0.4 is 0 Å². The number of carbonyl (C=O) groups excluding carboxylic acids is 4. The van der Waals surface area contributed by atoms with E-state index in [0.29, 0.717) is 5.56 Å². The molecule has 0 aliphatic carbocycles. The summed E-state index contributed by atoms with van der Waals surface area (Å²) in [5, 5.41) is 0. The minimum Gasteiger partial charge on any atom is -0.300 e. The van der Waals surface area contributed by atoms with E-state index in [0.717, 1.165) is 0 Å². The third kappa shape index (κ3) is 9.70. The molecule has 0 fully saturated rings. The topological polar surface area (TPSA) is 68.3 Å². The smallest absolute Gasteiger partial charge is 0.170 e. The summed E-state index contributed by atoms with van der Waals surface area (Å²) in [6, 6.07) is 8.84. The summed E-state index contributed by atoms with van der Waals surface area (Å²) in [4.78, 5) is 44.8. The summed E-state index contributed by atoms with van der Waals surface area (Å²) >= 11 is 0. The Morgan fingerprint density at radius 1 is 0.720 bits per heavy atom. The third-order valence-corrected chi connectivity index (χ3v) is 3.50. The summed E-state index contributed by atoms with van der Waals surface area (Å²) in [5.41, 5.74) is -0.199. The van der Waals surface area contributed by atoms with Gasteiger partial charge < -0.3 is 0 Å². The van der Waals surface area contributed by atoms with E-state index in [2.05, 4.69) is 0 Å². The van der Waals surface area contributed by atoms with Gasteiger partial charge in [0.1, 0.15) is 17.3 Å². The lowest BCUT2D eigenvalue weighted by molar-refractivity contribution is -0.135. The lowest BCUT2D eigenvalue weighted by Gasteiger charge is -2.20. The Bertz CT molecular complexity index is 590. The van der Waals surface area contributed by atoms with Gasteiger partial charge in [-0.3, -0.25) is 19.2 Å². The van der Waals surface area contributed by atoms with Gasteiger partial charge in [-0.25, -0.2) is 0 Å². The van der Waals surface area contributed by atoms with E-state index in [1.54, 1.807) is 24.3 Å². The van der Waals surface area contributed by atoms with Crippen LogP contribution in [0.3, 0.4) is 0 Å². The molecule has 0 amide bonds.